The van der Waals surface area contributed by atoms with Crippen molar-refractivity contribution in [1.82, 2.24) is 24.6 Å². The molecule has 3 aromatic rings. The Hall–Kier alpha value is -2.73. The average molecular weight is 394 g/mol. The summed E-state index contributed by atoms with van der Waals surface area (Å²) in [5, 5.41) is 3.56. The van der Waals surface area contributed by atoms with E-state index in [0.717, 1.165) is 42.8 Å². The highest BCUT2D eigenvalue weighted by atomic mass is 16.2. The molecule has 0 aliphatic heterocycles. The van der Waals surface area contributed by atoms with Crippen LogP contribution in [0.1, 0.15) is 54.1 Å². The third kappa shape index (κ3) is 5.01. The van der Waals surface area contributed by atoms with Gasteiger partial charge in [-0.3, -0.25) is 9.78 Å². The van der Waals surface area contributed by atoms with Gasteiger partial charge in [0.05, 0.1) is 5.69 Å². The van der Waals surface area contributed by atoms with Crippen LogP contribution in [0, 0.1) is 6.92 Å². The Labute approximate surface area is 173 Å². The summed E-state index contributed by atoms with van der Waals surface area (Å²) in [6.45, 7) is 7.67. The fourth-order valence-corrected chi connectivity index (χ4v) is 3.43. The fourth-order valence-electron chi connectivity index (χ4n) is 3.43. The predicted molar refractivity (Wildman–Crippen MR) is 116 cm³/mol. The lowest BCUT2D eigenvalue weighted by atomic mass is 10.1. The van der Waals surface area contributed by atoms with Crippen molar-refractivity contribution >= 4 is 11.6 Å². The number of nitrogens with zero attached hydrogens (tertiary/aromatic N) is 4. The molecule has 6 heteroatoms. The number of carbonyl (C=O) groups is 1. The number of aryl methyl sites for hydroxylation is 1. The topological polar surface area (TPSA) is 62.5 Å². The first-order valence-electron chi connectivity index (χ1n) is 10.4. The van der Waals surface area contributed by atoms with E-state index in [2.05, 4.69) is 42.1 Å². The molecule has 3 aromatic heterocycles. The van der Waals surface area contributed by atoms with E-state index >= 15 is 0 Å². The smallest absolute Gasteiger partial charge is 0.274 e. The molecule has 1 amide bonds. The number of unbranched alkanes of at least 4 members (excludes halogenated alkanes) is 1. The maximum atomic E-state index is 13.0. The van der Waals surface area contributed by atoms with Gasteiger partial charge in [0.25, 0.3) is 5.91 Å². The van der Waals surface area contributed by atoms with Crippen molar-refractivity contribution in [2.24, 2.45) is 0 Å². The Bertz CT molecular complexity index is 965. The van der Waals surface area contributed by atoms with E-state index in [1.54, 1.807) is 4.90 Å². The fraction of sp³-hybridized carbons (Fsp3) is 0.435. The summed E-state index contributed by atoms with van der Waals surface area (Å²) in [6.07, 6.45) is 6.69. The summed E-state index contributed by atoms with van der Waals surface area (Å²) in [4.78, 5) is 23.9. The highest BCUT2D eigenvalue weighted by Gasteiger charge is 2.22. The second-order valence-corrected chi connectivity index (χ2v) is 7.67. The van der Waals surface area contributed by atoms with Crippen LogP contribution in [0.5, 0.6) is 0 Å². The summed E-state index contributed by atoms with van der Waals surface area (Å²) in [5.74, 6) is -0.0211. The lowest BCUT2D eigenvalue weighted by Crippen LogP contribution is -2.32. The number of rotatable bonds is 9. The van der Waals surface area contributed by atoms with Gasteiger partial charge in [0.1, 0.15) is 5.65 Å². The van der Waals surface area contributed by atoms with Gasteiger partial charge in [0.2, 0.25) is 0 Å². The molecule has 0 spiro atoms. The minimum absolute atomic E-state index is 0.0211. The number of hydrogen-bond donors (Lipinski definition) is 1. The molecule has 3 heterocycles. The van der Waals surface area contributed by atoms with E-state index in [9.17, 15) is 4.79 Å². The van der Waals surface area contributed by atoms with Crippen molar-refractivity contribution in [3.05, 3.63) is 65.4 Å². The quantitative estimate of drug-likeness (QED) is 0.603. The van der Waals surface area contributed by atoms with Crippen LogP contribution in [0.4, 0.5) is 0 Å². The first-order valence-corrected chi connectivity index (χ1v) is 10.4. The second-order valence-electron chi connectivity index (χ2n) is 7.67. The third-order valence-electron chi connectivity index (χ3n) is 5.26. The van der Waals surface area contributed by atoms with Gasteiger partial charge in [-0.05, 0) is 44.0 Å². The Morgan fingerprint density at radius 2 is 2.10 bits per heavy atom. The summed E-state index contributed by atoms with van der Waals surface area (Å²) in [7, 11) is 1.85. The summed E-state index contributed by atoms with van der Waals surface area (Å²) >= 11 is 0. The number of aromatic nitrogens is 3. The average Bonchev–Trinajstić information content (AvgIpc) is 3.10. The molecular formula is C23H31N5O. The van der Waals surface area contributed by atoms with Crippen LogP contribution in [0.3, 0.4) is 0 Å². The minimum atomic E-state index is -0.0211. The summed E-state index contributed by atoms with van der Waals surface area (Å²) in [6, 6.07) is 10.1. The van der Waals surface area contributed by atoms with Crippen LogP contribution in [0.2, 0.25) is 0 Å². The van der Waals surface area contributed by atoms with Crippen LogP contribution in [-0.2, 0) is 13.0 Å². The second kappa shape index (κ2) is 9.65. The number of hydrogen-bond acceptors (Lipinski definition) is 4. The first kappa shape index (κ1) is 21.0. The molecule has 6 nitrogen and oxygen atoms in total. The highest BCUT2D eigenvalue weighted by molar-refractivity contribution is 5.94. The number of pyridine rings is 2. The largest absolute Gasteiger partial charge is 0.340 e. The van der Waals surface area contributed by atoms with Crippen molar-refractivity contribution in [2.45, 2.75) is 52.6 Å². The zero-order valence-electron chi connectivity index (χ0n) is 17.9. The molecule has 3 rings (SSSR count). The van der Waals surface area contributed by atoms with Crippen LogP contribution in [0.25, 0.3) is 5.65 Å². The lowest BCUT2D eigenvalue weighted by Gasteiger charge is -2.18. The summed E-state index contributed by atoms with van der Waals surface area (Å²) < 4.78 is 2.01. The molecule has 0 bridgehead atoms. The number of carbonyl (C=O) groups excluding carboxylic acids is 1. The number of nitrogens with one attached hydrogen (secondary N) is 1. The van der Waals surface area contributed by atoms with Gasteiger partial charge in [-0.1, -0.05) is 25.5 Å². The van der Waals surface area contributed by atoms with Gasteiger partial charge in [0.15, 0.2) is 5.69 Å². The van der Waals surface area contributed by atoms with Crippen molar-refractivity contribution in [3.8, 4) is 0 Å². The maximum absolute atomic E-state index is 13.0. The van der Waals surface area contributed by atoms with Gasteiger partial charge < -0.3 is 14.6 Å². The molecule has 0 saturated carbocycles. The lowest BCUT2D eigenvalue weighted by molar-refractivity contribution is 0.0786. The molecule has 0 radical (unpaired) electrons. The zero-order valence-corrected chi connectivity index (χ0v) is 17.9. The first-order chi connectivity index (χ1) is 14.0. The van der Waals surface area contributed by atoms with E-state index < -0.39 is 0 Å². The Kier molecular flexibility index (Phi) is 6.99. The molecule has 1 unspecified atom stereocenters. The number of amides is 1. The standard InChI is InChI=1S/C23H31N5O/c1-5-6-13-27(4)23(29)22-20(28-14-8-7-11-21(28)26-22)16-25-18(3)15-19-17(2)10-9-12-24-19/h7-12,14,18,25H,5-6,13,15-16H2,1-4H3. The number of fused-ring (bicyclic) bond motifs is 1. The monoisotopic (exact) mass is 393 g/mol. The van der Waals surface area contributed by atoms with Crippen LogP contribution >= 0.6 is 0 Å². The Morgan fingerprint density at radius 3 is 2.86 bits per heavy atom. The van der Waals surface area contributed by atoms with E-state index in [0.29, 0.717) is 12.2 Å². The molecule has 0 aliphatic rings. The van der Waals surface area contributed by atoms with Gasteiger partial charge in [-0.2, -0.15) is 0 Å². The van der Waals surface area contributed by atoms with E-state index in [1.807, 2.05) is 48.1 Å². The SMILES string of the molecule is CCCCN(C)C(=O)c1nc2ccccn2c1CNC(C)Cc1ncccc1C. The third-order valence-corrected chi connectivity index (χ3v) is 5.26. The Balaban J connectivity index is 1.78. The molecule has 29 heavy (non-hydrogen) atoms. The van der Waals surface area contributed by atoms with E-state index in [1.165, 1.54) is 5.56 Å². The van der Waals surface area contributed by atoms with Crippen molar-refractivity contribution < 1.29 is 4.79 Å². The van der Waals surface area contributed by atoms with E-state index in [4.69, 9.17) is 0 Å². The molecule has 1 N–H and O–H groups in total. The molecule has 0 saturated heterocycles. The normalized spacial score (nSPS) is 12.3. The molecule has 1 atom stereocenters. The molecule has 0 fully saturated rings. The van der Waals surface area contributed by atoms with Crippen molar-refractivity contribution in [2.75, 3.05) is 13.6 Å². The molecule has 0 aliphatic carbocycles. The van der Waals surface area contributed by atoms with Crippen molar-refractivity contribution in [1.29, 1.82) is 0 Å². The molecular weight excluding hydrogens is 362 g/mol. The molecule has 154 valence electrons. The maximum Gasteiger partial charge on any atom is 0.274 e. The van der Waals surface area contributed by atoms with Crippen molar-refractivity contribution in [3.63, 3.8) is 0 Å². The summed E-state index contributed by atoms with van der Waals surface area (Å²) in [5.41, 5.74) is 4.53. The van der Waals surface area contributed by atoms with Gasteiger partial charge in [0, 0.05) is 50.7 Å². The minimum Gasteiger partial charge on any atom is -0.340 e. The van der Waals surface area contributed by atoms with Crippen LogP contribution in [0.15, 0.2) is 42.7 Å². The highest BCUT2D eigenvalue weighted by Crippen LogP contribution is 2.16. The van der Waals surface area contributed by atoms with Gasteiger partial charge >= 0.3 is 0 Å². The zero-order chi connectivity index (χ0) is 20.8. The van der Waals surface area contributed by atoms with Crippen LogP contribution in [-0.4, -0.2) is 44.8 Å². The molecule has 0 aromatic carbocycles. The van der Waals surface area contributed by atoms with Gasteiger partial charge in [-0.15, -0.1) is 0 Å². The van der Waals surface area contributed by atoms with Gasteiger partial charge in [-0.25, -0.2) is 4.98 Å². The van der Waals surface area contributed by atoms with Crippen LogP contribution < -0.4 is 5.32 Å². The predicted octanol–water partition coefficient (Wildman–Crippen LogP) is 3.63. The van der Waals surface area contributed by atoms with E-state index in [-0.39, 0.29) is 11.9 Å². The number of imidazole rings is 1. The Morgan fingerprint density at radius 1 is 1.28 bits per heavy atom.